The predicted molar refractivity (Wildman–Crippen MR) is 104 cm³/mol. The molecule has 2 atom stereocenters. The van der Waals surface area contributed by atoms with E-state index in [1.807, 2.05) is 6.07 Å². The maximum absolute atomic E-state index is 14.2. The number of ketones is 2. The molecule has 0 saturated carbocycles. The normalized spacial score (nSPS) is 18.2. The van der Waals surface area contributed by atoms with Crippen molar-refractivity contribution in [1.29, 1.82) is 0 Å². The Bertz CT molecular complexity index is 853. The SMILES string of the molecule is CC1=C(C)C(=O)C(CCC(C)(O)C(=O)NC(F)Cc2ccccc2)=C(C)C1=O. The summed E-state index contributed by atoms with van der Waals surface area (Å²) in [4.78, 5) is 37.0. The van der Waals surface area contributed by atoms with Gasteiger partial charge in [0.15, 0.2) is 17.9 Å². The second-order valence-corrected chi connectivity index (χ2v) is 7.42. The molecule has 0 fully saturated rings. The van der Waals surface area contributed by atoms with Crippen LogP contribution in [0.2, 0.25) is 0 Å². The molecular weight excluding hydrogens is 361 g/mol. The van der Waals surface area contributed by atoms with Crippen LogP contribution in [0, 0.1) is 0 Å². The molecule has 0 spiro atoms. The van der Waals surface area contributed by atoms with Crippen molar-refractivity contribution in [2.75, 3.05) is 0 Å². The van der Waals surface area contributed by atoms with Crippen LogP contribution in [0.15, 0.2) is 52.6 Å². The Morgan fingerprint density at radius 1 is 1.07 bits per heavy atom. The summed E-state index contributed by atoms with van der Waals surface area (Å²) in [6.07, 6.45) is -1.71. The van der Waals surface area contributed by atoms with Crippen LogP contribution in [0.25, 0.3) is 0 Å². The molecule has 6 heteroatoms. The number of alkyl halides is 1. The molecule has 5 nitrogen and oxygen atoms in total. The molecule has 0 aromatic heterocycles. The number of hydrogen-bond donors (Lipinski definition) is 2. The number of benzene rings is 1. The van der Waals surface area contributed by atoms with Gasteiger partial charge in [0.05, 0.1) is 0 Å². The first-order valence-electron chi connectivity index (χ1n) is 9.22. The van der Waals surface area contributed by atoms with Gasteiger partial charge in [0.25, 0.3) is 5.91 Å². The summed E-state index contributed by atoms with van der Waals surface area (Å²) in [6.45, 7) is 6.03. The van der Waals surface area contributed by atoms with Gasteiger partial charge in [-0.25, -0.2) is 4.39 Å². The molecule has 1 aromatic rings. The third-order valence-corrected chi connectivity index (χ3v) is 5.21. The Balaban J connectivity index is 2.00. The molecule has 0 bridgehead atoms. The van der Waals surface area contributed by atoms with Crippen LogP contribution in [0.3, 0.4) is 0 Å². The number of amides is 1. The summed E-state index contributed by atoms with van der Waals surface area (Å²) in [7, 11) is 0. The lowest BCUT2D eigenvalue weighted by molar-refractivity contribution is -0.140. The van der Waals surface area contributed by atoms with Gasteiger partial charge >= 0.3 is 0 Å². The van der Waals surface area contributed by atoms with Crippen molar-refractivity contribution in [2.45, 2.75) is 58.9 Å². The van der Waals surface area contributed by atoms with E-state index in [2.05, 4.69) is 5.32 Å². The van der Waals surface area contributed by atoms with Gasteiger partial charge in [0.1, 0.15) is 5.60 Å². The van der Waals surface area contributed by atoms with Crippen LogP contribution in [-0.2, 0) is 20.8 Å². The molecule has 0 heterocycles. The molecule has 0 aliphatic heterocycles. The minimum atomic E-state index is -1.87. The van der Waals surface area contributed by atoms with Gasteiger partial charge in [0, 0.05) is 28.7 Å². The van der Waals surface area contributed by atoms with E-state index >= 15 is 0 Å². The highest BCUT2D eigenvalue weighted by Gasteiger charge is 2.34. The highest BCUT2D eigenvalue weighted by molar-refractivity contribution is 6.24. The van der Waals surface area contributed by atoms with E-state index in [-0.39, 0.29) is 30.8 Å². The number of halogens is 1. The number of nitrogens with one attached hydrogen (secondary N) is 1. The molecule has 28 heavy (non-hydrogen) atoms. The molecular formula is C22H26FNO4. The number of carbonyl (C=O) groups excluding carboxylic acids is 3. The van der Waals surface area contributed by atoms with Gasteiger partial charge in [-0.15, -0.1) is 0 Å². The second kappa shape index (κ2) is 8.61. The first-order chi connectivity index (χ1) is 13.0. The Morgan fingerprint density at radius 2 is 1.64 bits per heavy atom. The van der Waals surface area contributed by atoms with E-state index in [9.17, 15) is 23.9 Å². The van der Waals surface area contributed by atoms with Gasteiger partial charge in [0.2, 0.25) is 0 Å². The van der Waals surface area contributed by atoms with Crippen LogP contribution < -0.4 is 5.32 Å². The lowest BCUT2D eigenvalue weighted by Gasteiger charge is -2.25. The third kappa shape index (κ3) is 4.81. The van der Waals surface area contributed by atoms with E-state index in [0.29, 0.717) is 22.3 Å². The van der Waals surface area contributed by atoms with E-state index in [4.69, 9.17) is 0 Å². The zero-order valence-corrected chi connectivity index (χ0v) is 16.6. The fourth-order valence-electron chi connectivity index (χ4n) is 3.11. The minimum absolute atomic E-state index is 0.0107. The third-order valence-electron chi connectivity index (χ3n) is 5.21. The number of aliphatic hydroxyl groups is 1. The molecule has 1 aromatic carbocycles. The number of carbonyl (C=O) groups is 3. The van der Waals surface area contributed by atoms with Crippen LogP contribution >= 0.6 is 0 Å². The summed E-state index contributed by atoms with van der Waals surface area (Å²) >= 11 is 0. The van der Waals surface area contributed by atoms with E-state index in [1.54, 1.807) is 45.0 Å². The quantitative estimate of drug-likeness (QED) is 0.557. The summed E-state index contributed by atoms with van der Waals surface area (Å²) in [5, 5.41) is 12.6. The summed E-state index contributed by atoms with van der Waals surface area (Å²) in [6, 6.07) is 8.85. The van der Waals surface area contributed by atoms with Gasteiger partial charge in [-0.05, 0) is 46.1 Å². The molecule has 1 aliphatic rings. The average molecular weight is 387 g/mol. The van der Waals surface area contributed by atoms with E-state index in [0.717, 1.165) is 5.56 Å². The topological polar surface area (TPSA) is 83.5 Å². The molecule has 1 aliphatic carbocycles. The van der Waals surface area contributed by atoms with E-state index in [1.165, 1.54) is 6.92 Å². The number of hydrogen-bond acceptors (Lipinski definition) is 4. The van der Waals surface area contributed by atoms with Gasteiger partial charge in [-0.3, -0.25) is 14.4 Å². The molecule has 2 unspecified atom stereocenters. The predicted octanol–water partition coefficient (Wildman–Crippen LogP) is 2.98. The number of rotatable bonds is 7. The number of allylic oxidation sites excluding steroid dienone is 4. The Morgan fingerprint density at radius 3 is 2.25 bits per heavy atom. The maximum Gasteiger partial charge on any atom is 0.253 e. The van der Waals surface area contributed by atoms with Crippen molar-refractivity contribution in [3.63, 3.8) is 0 Å². The highest BCUT2D eigenvalue weighted by Crippen LogP contribution is 2.29. The summed E-state index contributed by atoms with van der Waals surface area (Å²) in [5.41, 5.74) is 0.263. The fourth-order valence-corrected chi connectivity index (χ4v) is 3.11. The lowest BCUT2D eigenvalue weighted by Crippen LogP contribution is -2.48. The second-order valence-electron chi connectivity index (χ2n) is 7.42. The minimum Gasteiger partial charge on any atom is -0.380 e. The summed E-state index contributed by atoms with van der Waals surface area (Å²) < 4.78 is 14.2. The molecule has 150 valence electrons. The Hall–Kier alpha value is -2.60. The average Bonchev–Trinajstić information content (AvgIpc) is 2.65. The zero-order chi connectivity index (χ0) is 21.1. The van der Waals surface area contributed by atoms with Crippen LogP contribution in [-0.4, -0.2) is 34.5 Å². The van der Waals surface area contributed by atoms with Crippen molar-refractivity contribution in [1.82, 2.24) is 5.32 Å². The summed E-state index contributed by atoms with van der Waals surface area (Å²) in [5.74, 6) is -1.31. The van der Waals surface area contributed by atoms with Crippen LogP contribution in [0.5, 0.6) is 0 Å². The van der Waals surface area contributed by atoms with Gasteiger partial charge in [-0.1, -0.05) is 30.3 Å². The lowest BCUT2D eigenvalue weighted by atomic mass is 9.82. The maximum atomic E-state index is 14.2. The zero-order valence-electron chi connectivity index (χ0n) is 16.6. The van der Waals surface area contributed by atoms with E-state index < -0.39 is 17.8 Å². The molecule has 0 radical (unpaired) electrons. The Kier molecular flexibility index (Phi) is 6.67. The Labute approximate surface area is 164 Å². The van der Waals surface area contributed by atoms with Crippen molar-refractivity contribution >= 4 is 17.5 Å². The standard InChI is InChI=1S/C22H26FNO4/c1-13-14(2)20(26)17(15(3)19(13)25)10-11-22(4,28)21(27)24-18(23)12-16-8-6-5-7-9-16/h5-9,18,28H,10-12H2,1-4H3,(H,24,27). The number of Topliss-reactive ketones (excluding diaryl/α,β-unsaturated/α-hetero) is 2. The molecule has 0 saturated heterocycles. The van der Waals surface area contributed by atoms with Crippen molar-refractivity contribution in [2.24, 2.45) is 0 Å². The van der Waals surface area contributed by atoms with Gasteiger partial charge < -0.3 is 10.4 Å². The van der Waals surface area contributed by atoms with Crippen LogP contribution in [0.4, 0.5) is 4.39 Å². The first-order valence-corrected chi connectivity index (χ1v) is 9.22. The molecule has 1 amide bonds. The smallest absolute Gasteiger partial charge is 0.253 e. The van der Waals surface area contributed by atoms with Gasteiger partial charge in [-0.2, -0.15) is 0 Å². The fraction of sp³-hybridized carbons (Fsp3) is 0.409. The monoisotopic (exact) mass is 387 g/mol. The highest BCUT2D eigenvalue weighted by atomic mass is 19.1. The largest absolute Gasteiger partial charge is 0.380 e. The van der Waals surface area contributed by atoms with Crippen molar-refractivity contribution < 1.29 is 23.9 Å². The van der Waals surface area contributed by atoms with Crippen LogP contribution in [0.1, 0.15) is 46.1 Å². The van der Waals surface area contributed by atoms with Crippen molar-refractivity contribution in [3.8, 4) is 0 Å². The molecule has 2 N–H and O–H groups in total. The molecule has 2 rings (SSSR count). The first kappa shape index (κ1) is 21.7. The van der Waals surface area contributed by atoms with Crippen molar-refractivity contribution in [3.05, 3.63) is 58.2 Å².